The second kappa shape index (κ2) is 5.66. The fraction of sp³-hybridized carbons (Fsp3) is 0.400. The van der Waals surface area contributed by atoms with E-state index in [0.29, 0.717) is 0 Å². The van der Waals surface area contributed by atoms with Gasteiger partial charge in [0.25, 0.3) is 0 Å². The summed E-state index contributed by atoms with van der Waals surface area (Å²) in [5, 5.41) is 6.76. The molecular formula is C10H13Cl2FN2. The normalized spacial score (nSPS) is 20.8. The summed E-state index contributed by atoms with van der Waals surface area (Å²) in [5.74, 6) is -0.350. The minimum Gasteiger partial charge on any atom is -0.314 e. The van der Waals surface area contributed by atoms with Gasteiger partial charge in [0.05, 0.1) is 5.02 Å². The average molecular weight is 251 g/mol. The topological polar surface area (TPSA) is 24.1 Å². The molecule has 2 rings (SSSR count). The van der Waals surface area contributed by atoms with Crippen LogP contribution in [0.15, 0.2) is 18.2 Å². The van der Waals surface area contributed by atoms with Gasteiger partial charge in [0, 0.05) is 25.7 Å². The number of benzene rings is 1. The predicted molar refractivity (Wildman–Crippen MR) is 62.3 cm³/mol. The highest BCUT2D eigenvalue weighted by molar-refractivity contribution is 6.31. The van der Waals surface area contributed by atoms with Crippen LogP contribution < -0.4 is 10.6 Å². The summed E-state index contributed by atoms with van der Waals surface area (Å²) in [6.45, 7) is 2.63. The Hall–Kier alpha value is -0.350. The van der Waals surface area contributed by atoms with Crippen molar-refractivity contribution in [2.24, 2.45) is 0 Å². The van der Waals surface area contributed by atoms with Crippen molar-refractivity contribution in [3.8, 4) is 0 Å². The zero-order chi connectivity index (χ0) is 9.97. The lowest BCUT2D eigenvalue weighted by Gasteiger charge is -2.25. The maximum atomic E-state index is 13.2. The van der Waals surface area contributed by atoms with E-state index in [0.717, 1.165) is 25.2 Å². The molecule has 15 heavy (non-hydrogen) atoms. The number of halogens is 3. The van der Waals surface area contributed by atoms with Crippen molar-refractivity contribution >= 4 is 24.0 Å². The summed E-state index contributed by atoms with van der Waals surface area (Å²) in [5.41, 5.74) is 0.832. The zero-order valence-corrected chi connectivity index (χ0v) is 9.67. The monoisotopic (exact) mass is 250 g/mol. The Morgan fingerprint density at radius 2 is 2.13 bits per heavy atom. The van der Waals surface area contributed by atoms with E-state index >= 15 is 0 Å². The molecule has 0 aliphatic carbocycles. The molecular weight excluding hydrogens is 238 g/mol. The molecule has 84 valence electrons. The number of hydrogen-bond acceptors (Lipinski definition) is 2. The van der Waals surface area contributed by atoms with Crippen LogP contribution in [0, 0.1) is 5.82 Å². The molecule has 1 aromatic rings. The fourth-order valence-corrected chi connectivity index (χ4v) is 1.92. The molecule has 5 heteroatoms. The maximum absolute atomic E-state index is 13.2. The summed E-state index contributed by atoms with van der Waals surface area (Å²) in [6.07, 6.45) is 0. The molecule has 1 fully saturated rings. The number of nitrogens with one attached hydrogen (secondary N) is 2. The predicted octanol–water partition coefficient (Wildman–Crippen LogP) is 2.13. The van der Waals surface area contributed by atoms with Crippen LogP contribution in [-0.2, 0) is 0 Å². The van der Waals surface area contributed by atoms with Crippen molar-refractivity contribution in [2.45, 2.75) is 6.04 Å². The van der Waals surface area contributed by atoms with Crippen molar-refractivity contribution in [3.63, 3.8) is 0 Å². The highest BCUT2D eigenvalue weighted by atomic mass is 35.5. The molecule has 1 saturated heterocycles. The highest BCUT2D eigenvalue weighted by Crippen LogP contribution is 2.25. The van der Waals surface area contributed by atoms with Gasteiger partial charge < -0.3 is 10.6 Å². The Morgan fingerprint density at radius 1 is 1.33 bits per heavy atom. The van der Waals surface area contributed by atoms with Crippen molar-refractivity contribution in [3.05, 3.63) is 34.6 Å². The van der Waals surface area contributed by atoms with E-state index in [4.69, 9.17) is 11.6 Å². The Labute approximate surface area is 99.6 Å². The summed E-state index contributed by atoms with van der Waals surface area (Å²) in [7, 11) is 0. The lowest BCUT2D eigenvalue weighted by Crippen LogP contribution is -2.42. The molecule has 2 nitrogen and oxygen atoms in total. The van der Waals surface area contributed by atoms with E-state index in [9.17, 15) is 4.39 Å². The van der Waals surface area contributed by atoms with Gasteiger partial charge in [-0.2, -0.15) is 0 Å². The lowest BCUT2D eigenvalue weighted by atomic mass is 10.1. The van der Waals surface area contributed by atoms with Crippen LogP contribution in [0.4, 0.5) is 4.39 Å². The first-order valence-electron chi connectivity index (χ1n) is 4.67. The quantitative estimate of drug-likeness (QED) is 0.799. The van der Waals surface area contributed by atoms with Crippen LogP contribution in [0.3, 0.4) is 0 Å². The Bertz CT molecular complexity index is 327. The van der Waals surface area contributed by atoms with Crippen LogP contribution in [-0.4, -0.2) is 19.6 Å². The van der Waals surface area contributed by atoms with Crippen molar-refractivity contribution in [1.82, 2.24) is 10.6 Å². The fourth-order valence-electron chi connectivity index (χ4n) is 1.66. The molecule has 2 N–H and O–H groups in total. The van der Waals surface area contributed by atoms with Gasteiger partial charge in [0.1, 0.15) is 5.82 Å². The molecule has 0 saturated carbocycles. The van der Waals surface area contributed by atoms with Crippen LogP contribution in [0.2, 0.25) is 5.02 Å². The van der Waals surface area contributed by atoms with Gasteiger partial charge >= 0.3 is 0 Å². The molecule has 0 bridgehead atoms. The zero-order valence-electron chi connectivity index (χ0n) is 8.09. The first kappa shape index (κ1) is 12.7. The van der Waals surface area contributed by atoms with E-state index in [-0.39, 0.29) is 29.3 Å². The van der Waals surface area contributed by atoms with Gasteiger partial charge in [0.15, 0.2) is 0 Å². The molecule has 0 radical (unpaired) electrons. The first-order valence-corrected chi connectivity index (χ1v) is 5.05. The minimum absolute atomic E-state index is 0. The van der Waals surface area contributed by atoms with E-state index < -0.39 is 0 Å². The summed E-state index contributed by atoms with van der Waals surface area (Å²) in [4.78, 5) is 0. The number of hydrogen-bond donors (Lipinski definition) is 2. The van der Waals surface area contributed by atoms with Crippen LogP contribution in [0.1, 0.15) is 11.6 Å². The van der Waals surface area contributed by atoms with Crippen molar-refractivity contribution < 1.29 is 4.39 Å². The Balaban J connectivity index is 0.00000112. The maximum Gasteiger partial charge on any atom is 0.142 e. The van der Waals surface area contributed by atoms with Crippen molar-refractivity contribution in [1.29, 1.82) is 0 Å². The van der Waals surface area contributed by atoms with Crippen LogP contribution in [0.5, 0.6) is 0 Å². The molecule has 1 heterocycles. The smallest absolute Gasteiger partial charge is 0.142 e. The van der Waals surface area contributed by atoms with Crippen LogP contribution in [0.25, 0.3) is 0 Å². The first-order chi connectivity index (χ1) is 6.79. The molecule has 0 aromatic heterocycles. The standard InChI is InChI=1S/C10H12ClFN2.ClH/c11-10-7(2-1-3-8(10)12)9-6-13-4-5-14-9;/h1-3,9,13-14H,4-6H2;1H/t9-;/m0./s1. The molecule has 1 aliphatic heterocycles. The summed E-state index contributed by atoms with van der Waals surface area (Å²) < 4.78 is 13.2. The van der Waals surface area contributed by atoms with E-state index in [1.54, 1.807) is 6.07 Å². The Morgan fingerprint density at radius 3 is 2.80 bits per heavy atom. The minimum atomic E-state index is -0.350. The van der Waals surface area contributed by atoms with Gasteiger partial charge in [-0.3, -0.25) is 0 Å². The number of piperazine rings is 1. The van der Waals surface area contributed by atoms with E-state index in [2.05, 4.69) is 10.6 Å². The lowest BCUT2D eigenvalue weighted by molar-refractivity contribution is 0.429. The second-order valence-electron chi connectivity index (χ2n) is 3.35. The van der Waals surface area contributed by atoms with Gasteiger partial charge in [0.2, 0.25) is 0 Å². The van der Waals surface area contributed by atoms with Crippen LogP contribution >= 0.6 is 24.0 Å². The summed E-state index contributed by atoms with van der Waals surface area (Å²) >= 11 is 5.88. The third-order valence-electron chi connectivity index (χ3n) is 2.40. The van der Waals surface area contributed by atoms with E-state index in [1.807, 2.05) is 6.07 Å². The van der Waals surface area contributed by atoms with Crippen molar-refractivity contribution in [2.75, 3.05) is 19.6 Å². The van der Waals surface area contributed by atoms with E-state index in [1.165, 1.54) is 6.07 Å². The SMILES string of the molecule is Cl.Fc1cccc([C@@H]2CNCCN2)c1Cl. The largest absolute Gasteiger partial charge is 0.314 e. The molecule has 1 aliphatic rings. The summed E-state index contributed by atoms with van der Waals surface area (Å²) in [6, 6.07) is 5.04. The van der Waals surface area contributed by atoms with Gasteiger partial charge in [-0.15, -0.1) is 12.4 Å². The van der Waals surface area contributed by atoms with Gasteiger partial charge in [-0.05, 0) is 11.6 Å². The average Bonchev–Trinajstić information content (AvgIpc) is 2.23. The highest BCUT2D eigenvalue weighted by Gasteiger charge is 2.18. The van der Waals surface area contributed by atoms with Gasteiger partial charge in [-0.25, -0.2) is 4.39 Å². The number of rotatable bonds is 1. The van der Waals surface area contributed by atoms with Gasteiger partial charge in [-0.1, -0.05) is 23.7 Å². The molecule has 0 spiro atoms. The molecule has 1 atom stereocenters. The molecule has 0 amide bonds. The third kappa shape index (κ3) is 2.82. The third-order valence-corrected chi connectivity index (χ3v) is 2.80. The second-order valence-corrected chi connectivity index (χ2v) is 3.73. The molecule has 1 aromatic carbocycles. The molecule has 0 unspecified atom stereocenters. The Kier molecular flexibility index (Phi) is 4.80.